The molecule has 3 aliphatic heterocycles. The van der Waals surface area contributed by atoms with Gasteiger partial charge in [-0.15, -0.1) is 0 Å². The van der Waals surface area contributed by atoms with E-state index < -0.39 is 11.1 Å². The van der Waals surface area contributed by atoms with Crippen molar-refractivity contribution in [3.63, 3.8) is 0 Å². The summed E-state index contributed by atoms with van der Waals surface area (Å²) in [6, 6.07) is 5.30. The Morgan fingerprint density at radius 3 is 2.67 bits per heavy atom. The number of carbonyl (C=O) groups is 3. The molecular formula is C18H19N3O5S. The quantitative estimate of drug-likeness (QED) is 0.720. The third kappa shape index (κ3) is 3.65. The minimum atomic E-state index is -0.440. The number of amides is 3. The zero-order valence-electron chi connectivity index (χ0n) is 14.8. The Balaban J connectivity index is 1.44. The van der Waals surface area contributed by atoms with Gasteiger partial charge in [0, 0.05) is 26.2 Å². The van der Waals surface area contributed by atoms with Crippen LogP contribution < -0.4 is 9.47 Å². The van der Waals surface area contributed by atoms with Crippen molar-refractivity contribution in [1.82, 2.24) is 14.7 Å². The third-order valence-electron chi connectivity index (χ3n) is 4.72. The van der Waals surface area contributed by atoms with E-state index in [0.29, 0.717) is 29.5 Å². The topological polar surface area (TPSA) is 79.4 Å². The molecule has 1 aromatic carbocycles. The molecule has 9 heteroatoms. The molecule has 2 fully saturated rings. The molecule has 3 amide bonds. The SMILES string of the molecule is CN1CCN(C(=O)CN2C(=O)S/C(=C/c3ccc4c(c3)OCO4)C2=O)CC1. The Hall–Kier alpha value is -2.52. The Labute approximate surface area is 160 Å². The number of thioether (sulfide) groups is 1. The first-order valence-electron chi connectivity index (χ1n) is 8.62. The molecule has 0 N–H and O–H groups in total. The van der Waals surface area contributed by atoms with Crippen LogP contribution in [0.25, 0.3) is 6.08 Å². The van der Waals surface area contributed by atoms with E-state index in [1.807, 2.05) is 7.05 Å². The third-order valence-corrected chi connectivity index (χ3v) is 5.62. The first kappa shape index (κ1) is 17.9. The molecule has 1 aromatic rings. The van der Waals surface area contributed by atoms with E-state index in [0.717, 1.165) is 35.3 Å². The zero-order chi connectivity index (χ0) is 19.0. The van der Waals surface area contributed by atoms with Crippen LogP contribution in [0, 0.1) is 0 Å². The van der Waals surface area contributed by atoms with E-state index in [1.165, 1.54) is 0 Å². The standard InChI is InChI=1S/C18H19N3O5S/c1-19-4-6-20(7-5-19)16(22)10-21-17(23)15(27-18(21)24)9-12-2-3-13-14(8-12)26-11-25-13/h2-3,8-9H,4-7,10-11H2,1H3/b15-9+. The first-order valence-corrected chi connectivity index (χ1v) is 9.44. The van der Waals surface area contributed by atoms with E-state index in [4.69, 9.17) is 9.47 Å². The monoisotopic (exact) mass is 389 g/mol. The van der Waals surface area contributed by atoms with Crippen LogP contribution >= 0.6 is 11.8 Å². The summed E-state index contributed by atoms with van der Waals surface area (Å²) in [4.78, 5) is 42.4. The van der Waals surface area contributed by atoms with Crippen LogP contribution in [0.15, 0.2) is 23.1 Å². The van der Waals surface area contributed by atoms with Gasteiger partial charge >= 0.3 is 0 Å². The highest BCUT2D eigenvalue weighted by molar-refractivity contribution is 8.18. The molecule has 0 unspecified atom stereocenters. The number of fused-ring (bicyclic) bond motifs is 1. The summed E-state index contributed by atoms with van der Waals surface area (Å²) in [5.41, 5.74) is 0.732. The number of piperazine rings is 1. The highest BCUT2D eigenvalue weighted by Crippen LogP contribution is 2.36. The molecular weight excluding hydrogens is 370 g/mol. The minimum absolute atomic E-state index is 0.170. The Bertz CT molecular complexity index is 832. The maximum Gasteiger partial charge on any atom is 0.294 e. The number of nitrogens with zero attached hydrogens (tertiary/aromatic N) is 3. The maximum absolute atomic E-state index is 12.6. The summed E-state index contributed by atoms with van der Waals surface area (Å²) < 4.78 is 10.6. The van der Waals surface area contributed by atoms with Crippen molar-refractivity contribution < 1.29 is 23.9 Å². The van der Waals surface area contributed by atoms with Crippen LogP contribution in [-0.4, -0.2) is 78.3 Å². The van der Waals surface area contributed by atoms with Crippen LogP contribution in [0.2, 0.25) is 0 Å². The number of imide groups is 1. The molecule has 0 aromatic heterocycles. The van der Waals surface area contributed by atoms with Crippen molar-refractivity contribution in [2.24, 2.45) is 0 Å². The smallest absolute Gasteiger partial charge is 0.294 e. The molecule has 0 saturated carbocycles. The predicted octanol–water partition coefficient (Wildman–Crippen LogP) is 1.23. The van der Waals surface area contributed by atoms with Crippen LogP contribution in [0.3, 0.4) is 0 Å². The number of likely N-dealkylation sites (N-methyl/N-ethyl adjacent to an activating group) is 1. The highest BCUT2D eigenvalue weighted by atomic mass is 32.2. The fourth-order valence-electron chi connectivity index (χ4n) is 3.08. The van der Waals surface area contributed by atoms with Gasteiger partial charge in [0.1, 0.15) is 6.54 Å². The Morgan fingerprint density at radius 1 is 1.15 bits per heavy atom. The summed E-state index contributed by atoms with van der Waals surface area (Å²) in [5, 5.41) is -0.422. The molecule has 27 heavy (non-hydrogen) atoms. The zero-order valence-corrected chi connectivity index (χ0v) is 15.7. The molecule has 0 aliphatic carbocycles. The van der Waals surface area contributed by atoms with Gasteiger partial charge < -0.3 is 19.3 Å². The average molecular weight is 389 g/mol. The van der Waals surface area contributed by atoms with E-state index >= 15 is 0 Å². The van der Waals surface area contributed by atoms with Gasteiger partial charge in [-0.2, -0.15) is 0 Å². The fraction of sp³-hybridized carbons (Fsp3) is 0.389. The van der Waals surface area contributed by atoms with Crippen molar-refractivity contribution in [3.8, 4) is 11.5 Å². The van der Waals surface area contributed by atoms with Crippen LogP contribution in [0.1, 0.15) is 5.56 Å². The van der Waals surface area contributed by atoms with E-state index in [1.54, 1.807) is 29.2 Å². The maximum atomic E-state index is 12.6. The van der Waals surface area contributed by atoms with Gasteiger partial charge in [0.25, 0.3) is 11.1 Å². The molecule has 3 aliphatic rings. The van der Waals surface area contributed by atoms with Crippen molar-refractivity contribution in [2.75, 3.05) is 46.6 Å². The number of carbonyl (C=O) groups excluding carboxylic acids is 3. The lowest BCUT2D eigenvalue weighted by molar-refractivity contribution is -0.137. The Kier molecular flexibility index (Phi) is 4.79. The van der Waals surface area contributed by atoms with Gasteiger partial charge in [-0.3, -0.25) is 19.3 Å². The van der Waals surface area contributed by atoms with Gasteiger partial charge in [0.15, 0.2) is 11.5 Å². The van der Waals surface area contributed by atoms with Gasteiger partial charge in [-0.25, -0.2) is 0 Å². The molecule has 142 valence electrons. The summed E-state index contributed by atoms with van der Waals surface area (Å²) in [7, 11) is 2.00. The van der Waals surface area contributed by atoms with Crippen molar-refractivity contribution in [3.05, 3.63) is 28.7 Å². The largest absolute Gasteiger partial charge is 0.454 e. The number of ether oxygens (including phenoxy) is 2. The van der Waals surface area contributed by atoms with E-state index in [-0.39, 0.29) is 19.2 Å². The number of hydrogen-bond donors (Lipinski definition) is 0. The molecule has 0 radical (unpaired) electrons. The number of benzene rings is 1. The van der Waals surface area contributed by atoms with Gasteiger partial charge in [0.05, 0.1) is 4.91 Å². The molecule has 8 nitrogen and oxygen atoms in total. The van der Waals surface area contributed by atoms with Gasteiger partial charge in [-0.1, -0.05) is 6.07 Å². The predicted molar refractivity (Wildman–Crippen MR) is 99.3 cm³/mol. The second kappa shape index (κ2) is 7.24. The summed E-state index contributed by atoms with van der Waals surface area (Å²) >= 11 is 0.846. The van der Waals surface area contributed by atoms with Crippen LogP contribution in [0.4, 0.5) is 4.79 Å². The first-order chi connectivity index (χ1) is 13.0. The summed E-state index contributed by atoms with van der Waals surface area (Å²) in [5.74, 6) is 0.617. The van der Waals surface area contributed by atoms with Gasteiger partial charge in [0.2, 0.25) is 12.7 Å². The fourth-order valence-corrected chi connectivity index (χ4v) is 3.92. The summed E-state index contributed by atoms with van der Waals surface area (Å²) in [6.45, 7) is 2.75. The second-order valence-corrected chi connectivity index (χ2v) is 7.56. The van der Waals surface area contributed by atoms with E-state index in [2.05, 4.69) is 4.90 Å². The molecule has 3 heterocycles. The van der Waals surface area contributed by atoms with E-state index in [9.17, 15) is 14.4 Å². The van der Waals surface area contributed by atoms with Crippen molar-refractivity contribution >= 4 is 34.9 Å². The van der Waals surface area contributed by atoms with Gasteiger partial charge in [-0.05, 0) is 42.6 Å². The molecule has 0 spiro atoms. The van der Waals surface area contributed by atoms with Crippen LogP contribution in [-0.2, 0) is 9.59 Å². The lowest BCUT2D eigenvalue weighted by Crippen LogP contribution is -2.50. The molecule has 0 bridgehead atoms. The highest BCUT2D eigenvalue weighted by Gasteiger charge is 2.37. The molecule has 4 rings (SSSR count). The average Bonchev–Trinajstić information content (AvgIpc) is 3.22. The molecule has 2 saturated heterocycles. The lowest BCUT2D eigenvalue weighted by atomic mass is 10.2. The molecule has 0 atom stereocenters. The van der Waals surface area contributed by atoms with Crippen molar-refractivity contribution in [1.29, 1.82) is 0 Å². The normalized spacial score (nSPS) is 21.4. The van der Waals surface area contributed by atoms with Crippen LogP contribution in [0.5, 0.6) is 11.5 Å². The second-order valence-electron chi connectivity index (χ2n) is 6.56. The summed E-state index contributed by atoms with van der Waals surface area (Å²) in [6.07, 6.45) is 1.63. The Morgan fingerprint density at radius 2 is 1.89 bits per heavy atom. The van der Waals surface area contributed by atoms with Crippen molar-refractivity contribution in [2.45, 2.75) is 0 Å². The minimum Gasteiger partial charge on any atom is -0.454 e. The number of hydrogen-bond acceptors (Lipinski definition) is 7. The number of rotatable bonds is 3. The lowest BCUT2D eigenvalue weighted by Gasteiger charge is -2.33.